The third-order valence-electron chi connectivity index (χ3n) is 3.29. The summed E-state index contributed by atoms with van der Waals surface area (Å²) in [5.41, 5.74) is -0.483. The normalized spacial score (nSPS) is 29.9. The average molecular weight is 268 g/mol. The van der Waals surface area contributed by atoms with Gasteiger partial charge in [0.05, 0.1) is 22.9 Å². The van der Waals surface area contributed by atoms with Crippen molar-refractivity contribution in [3.63, 3.8) is 0 Å². The van der Waals surface area contributed by atoms with Crippen molar-refractivity contribution in [2.75, 3.05) is 0 Å². The Hall–Kier alpha value is -0.340. The summed E-state index contributed by atoms with van der Waals surface area (Å²) < 4.78 is 12.7. The predicted octanol–water partition coefficient (Wildman–Crippen LogP) is 4.87. The minimum atomic E-state index is -0.212. The Bertz CT molecular complexity index is 306. The van der Waals surface area contributed by atoms with E-state index in [1.54, 1.807) is 0 Å². The van der Waals surface area contributed by atoms with E-state index in [4.69, 9.17) is 9.47 Å². The number of allylic oxidation sites excluding steroid dienone is 2. The molecule has 0 aliphatic heterocycles. The number of rotatable bonds is 2. The molecule has 0 aromatic rings. The van der Waals surface area contributed by atoms with E-state index in [0.29, 0.717) is 0 Å². The van der Waals surface area contributed by atoms with Crippen LogP contribution >= 0.6 is 0 Å². The number of hydrogen-bond donors (Lipinski definition) is 0. The molecule has 0 aromatic carbocycles. The Morgan fingerprint density at radius 1 is 0.947 bits per heavy atom. The number of hydrogen-bond acceptors (Lipinski definition) is 2. The lowest BCUT2D eigenvalue weighted by molar-refractivity contribution is -0.217. The molecular weight excluding hydrogens is 236 g/mol. The van der Waals surface area contributed by atoms with Gasteiger partial charge in [-0.05, 0) is 74.1 Å². The minimum absolute atomic E-state index is 0.129. The molecule has 2 heteroatoms. The Balaban J connectivity index is 2.93. The molecule has 0 aromatic heterocycles. The van der Waals surface area contributed by atoms with Gasteiger partial charge in [-0.3, -0.25) is 0 Å². The smallest absolute Gasteiger partial charge is 0.0925 e. The van der Waals surface area contributed by atoms with Gasteiger partial charge in [0.25, 0.3) is 0 Å². The van der Waals surface area contributed by atoms with Gasteiger partial charge in [0.1, 0.15) is 0 Å². The summed E-state index contributed by atoms with van der Waals surface area (Å²) in [6.07, 6.45) is 8.88. The van der Waals surface area contributed by atoms with Crippen LogP contribution < -0.4 is 0 Å². The van der Waals surface area contributed by atoms with Gasteiger partial charge in [0, 0.05) is 0 Å². The number of ether oxygens (including phenoxy) is 2. The molecule has 0 amide bonds. The van der Waals surface area contributed by atoms with E-state index in [2.05, 4.69) is 60.6 Å². The van der Waals surface area contributed by atoms with E-state index in [1.807, 2.05) is 0 Å². The van der Waals surface area contributed by atoms with Crippen LogP contribution in [-0.2, 0) is 9.47 Å². The summed E-state index contributed by atoms with van der Waals surface area (Å²) in [7, 11) is 0. The third kappa shape index (κ3) is 6.09. The second kappa shape index (κ2) is 5.97. The van der Waals surface area contributed by atoms with Crippen LogP contribution in [0.2, 0.25) is 0 Å². The second-order valence-corrected chi connectivity index (χ2v) is 7.83. The van der Waals surface area contributed by atoms with Gasteiger partial charge in [-0.1, -0.05) is 12.2 Å². The van der Waals surface area contributed by atoms with Crippen LogP contribution in [0.5, 0.6) is 0 Å². The Labute approximate surface area is 119 Å². The first-order valence-electron chi connectivity index (χ1n) is 7.55. The SMILES string of the molecule is CC(C)(C)OC1CCC=CCCC1(C)OC(C)(C)C. The highest BCUT2D eigenvalue weighted by Gasteiger charge is 2.40. The summed E-state index contributed by atoms with van der Waals surface area (Å²) in [4.78, 5) is 0. The molecule has 0 radical (unpaired) electrons. The third-order valence-corrected chi connectivity index (χ3v) is 3.29. The molecule has 2 nitrogen and oxygen atoms in total. The molecule has 1 rings (SSSR count). The lowest BCUT2D eigenvalue weighted by Crippen LogP contribution is -2.50. The van der Waals surface area contributed by atoms with Crippen LogP contribution in [0.1, 0.15) is 74.1 Å². The van der Waals surface area contributed by atoms with Crippen molar-refractivity contribution in [1.29, 1.82) is 0 Å². The first-order valence-corrected chi connectivity index (χ1v) is 7.55. The Morgan fingerprint density at radius 3 is 2.05 bits per heavy atom. The van der Waals surface area contributed by atoms with Gasteiger partial charge in [-0.25, -0.2) is 0 Å². The predicted molar refractivity (Wildman–Crippen MR) is 81.5 cm³/mol. The quantitative estimate of drug-likeness (QED) is 0.665. The van der Waals surface area contributed by atoms with Crippen molar-refractivity contribution in [2.24, 2.45) is 0 Å². The molecule has 1 aliphatic rings. The summed E-state index contributed by atoms with van der Waals surface area (Å²) in [5, 5.41) is 0. The van der Waals surface area contributed by atoms with Crippen LogP contribution in [-0.4, -0.2) is 22.9 Å². The molecule has 0 heterocycles. The van der Waals surface area contributed by atoms with E-state index in [9.17, 15) is 0 Å². The lowest BCUT2D eigenvalue weighted by atomic mass is 9.86. The molecule has 19 heavy (non-hydrogen) atoms. The van der Waals surface area contributed by atoms with E-state index < -0.39 is 0 Å². The van der Waals surface area contributed by atoms with Crippen molar-refractivity contribution >= 4 is 0 Å². The first kappa shape index (κ1) is 16.7. The van der Waals surface area contributed by atoms with Gasteiger partial charge < -0.3 is 9.47 Å². The van der Waals surface area contributed by atoms with Gasteiger partial charge in [0.2, 0.25) is 0 Å². The van der Waals surface area contributed by atoms with Crippen LogP contribution in [0.3, 0.4) is 0 Å². The molecule has 0 fully saturated rings. The summed E-state index contributed by atoms with van der Waals surface area (Å²) in [5.74, 6) is 0. The lowest BCUT2D eigenvalue weighted by Gasteiger charge is -2.45. The van der Waals surface area contributed by atoms with Crippen LogP contribution in [0.25, 0.3) is 0 Å². The first-order chi connectivity index (χ1) is 8.52. The zero-order valence-electron chi connectivity index (χ0n) is 13.9. The maximum atomic E-state index is 6.40. The fraction of sp³-hybridized carbons (Fsp3) is 0.882. The monoisotopic (exact) mass is 268 g/mol. The van der Waals surface area contributed by atoms with Crippen molar-refractivity contribution < 1.29 is 9.47 Å². The minimum Gasteiger partial charge on any atom is -0.370 e. The molecule has 112 valence electrons. The van der Waals surface area contributed by atoms with E-state index >= 15 is 0 Å². The summed E-state index contributed by atoms with van der Waals surface area (Å²) in [6, 6.07) is 0. The van der Waals surface area contributed by atoms with Crippen LogP contribution in [0, 0.1) is 0 Å². The highest BCUT2D eigenvalue weighted by Crippen LogP contribution is 2.35. The van der Waals surface area contributed by atoms with Crippen molar-refractivity contribution in [1.82, 2.24) is 0 Å². The topological polar surface area (TPSA) is 18.5 Å². The molecule has 0 spiro atoms. The molecule has 2 atom stereocenters. The molecule has 0 saturated carbocycles. The van der Waals surface area contributed by atoms with E-state index in [-0.39, 0.29) is 22.9 Å². The fourth-order valence-electron chi connectivity index (χ4n) is 2.75. The zero-order chi connectivity index (χ0) is 14.7. The van der Waals surface area contributed by atoms with Crippen LogP contribution in [0.15, 0.2) is 12.2 Å². The maximum absolute atomic E-state index is 6.40. The highest BCUT2D eigenvalue weighted by atomic mass is 16.6. The van der Waals surface area contributed by atoms with Crippen molar-refractivity contribution in [3.05, 3.63) is 12.2 Å². The van der Waals surface area contributed by atoms with Crippen LogP contribution in [0.4, 0.5) is 0 Å². The molecule has 0 N–H and O–H groups in total. The standard InChI is InChI=1S/C17H32O2/c1-15(2,3)18-14-12-10-8-9-11-13-17(14,7)19-16(4,5)6/h8-9,14H,10-13H2,1-7H3. The van der Waals surface area contributed by atoms with Crippen molar-refractivity contribution in [3.8, 4) is 0 Å². The Morgan fingerprint density at radius 2 is 1.53 bits per heavy atom. The summed E-state index contributed by atoms with van der Waals surface area (Å²) in [6.45, 7) is 15.0. The average Bonchev–Trinajstić information content (AvgIpc) is 2.14. The molecule has 0 saturated heterocycles. The van der Waals surface area contributed by atoms with Crippen molar-refractivity contribution in [2.45, 2.75) is 97.1 Å². The molecular formula is C17H32O2. The van der Waals surface area contributed by atoms with Gasteiger partial charge in [-0.15, -0.1) is 0 Å². The van der Waals surface area contributed by atoms with E-state index in [1.165, 1.54) is 0 Å². The van der Waals surface area contributed by atoms with Gasteiger partial charge in [-0.2, -0.15) is 0 Å². The van der Waals surface area contributed by atoms with E-state index in [0.717, 1.165) is 25.7 Å². The molecule has 1 aliphatic carbocycles. The van der Waals surface area contributed by atoms with Gasteiger partial charge >= 0.3 is 0 Å². The van der Waals surface area contributed by atoms with Gasteiger partial charge in [0.15, 0.2) is 0 Å². The Kier molecular flexibility index (Phi) is 5.25. The highest BCUT2D eigenvalue weighted by molar-refractivity contribution is 4.97. The largest absolute Gasteiger partial charge is 0.370 e. The molecule has 0 bridgehead atoms. The zero-order valence-corrected chi connectivity index (χ0v) is 13.9. The molecule has 2 unspecified atom stereocenters. The maximum Gasteiger partial charge on any atom is 0.0925 e. The second-order valence-electron chi connectivity index (χ2n) is 7.83. The fourth-order valence-corrected chi connectivity index (χ4v) is 2.75. The summed E-state index contributed by atoms with van der Waals surface area (Å²) >= 11 is 0.